The number of rotatable bonds is 6. The van der Waals surface area contributed by atoms with Crippen molar-refractivity contribution in [1.82, 2.24) is 10.6 Å². The molecule has 0 spiro atoms. The highest BCUT2D eigenvalue weighted by molar-refractivity contribution is 7.08. The van der Waals surface area contributed by atoms with Gasteiger partial charge in [-0.1, -0.05) is 19.3 Å². The van der Waals surface area contributed by atoms with Crippen molar-refractivity contribution in [3.8, 4) is 0 Å². The molecule has 1 fully saturated rings. The molecule has 1 aliphatic rings. The Labute approximate surface area is 141 Å². The minimum atomic E-state index is -1.11. The molecule has 128 valence electrons. The summed E-state index contributed by atoms with van der Waals surface area (Å²) in [6.45, 7) is 3.46. The van der Waals surface area contributed by atoms with Gasteiger partial charge in [-0.05, 0) is 49.1 Å². The summed E-state index contributed by atoms with van der Waals surface area (Å²) in [6.07, 6.45) is 5.18. The van der Waals surface area contributed by atoms with Gasteiger partial charge in [0.1, 0.15) is 11.6 Å². The van der Waals surface area contributed by atoms with Crippen molar-refractivity contribution in [2.75, 3.05) is 6.54 Å². The van der Waals surface area contributed by atoms with Gasteiger partial charge in [-0.3, -0.25) is 9.59 Å². The van der Waals surface area contributed by atoms with Crippen LogP contribution in [0.2, 0.25) is 0 Å². The molecule has 0 aliphatic heterocycles. The van der Waals surface area contributed by atoms with Crippen LogP contribution >= 0.6 is 11.3 Å². The summed E-state index contributed by atoms with van der Waals surface area (Å²) in [4.78, 5) is 24.3. The van der Waals surface area contributed by atoms with Crippen LogP contribution in [0.25, 0.3) is 0 Å². The summed E-state index contributed by atoms with van der Waals surface area (Å²) >= 11 is 1.50. The van der Waals surface area contributed by atoms with Crippen LogP contribution in [0.4, 0.5) is 0 Å². The molecule has 1 heterocycles. The molecular formula is C17H26N2O3S. The summed E-state index contributed by atoms with van der Waals surface area (Å²) in [5.74, 6) is -0.269. The van der Waals surface area contributed by atoms with Gasteiger partial charge >= 0.3 is 0 Å². The Morgan fingerprint density at radius 3 is 2.70 bits per heavy atom. The Morgan fingerprint density at radius 1 is 1.39 bits per heavy atom. The number of hydrogen-bond acceptors (Lipinski definition) is 4. The highest BCUT2D eigenvalue weighted by atomic mass is 32.1. The first kappa shape index (κ1) is 17.9. The van der Waals surface area contributed by atoms with E-state index in [0.717, 1.165) is 31.2 Å². The molecule has 1 aliphatic carbocycles. The van der Waals surface area contributed by atoms with E-state index in [0.29, 0.717) is 0 Å². The summed E-state index contributed by atoms with van der Waals surface area (Å²) in [6, 6.07) is 1.24. The maximum Gasteiger partial charge on any atom is 0.242 e. The minimum Gasteiger partial charge on any atom is -0.384 e. The van der Waals surface area contributed by atoms with Crippen molar-refractivity contribution < 1.29 is 14.7 Å². The predicted molar refractivity (Wildman–Crippen MR) is 91.1 cm³/mol. The molecule has 0 saturated heterocycles. The quantitative estimate of drug-likeness (QED) is 0.744. The Balaban J connectivity index is 1.79. The smallest absolute Gasteiger partial charge is 0.242 e. The fraction of sp³-hybridized carbons (Fsp3) is 0.647. The summed E-state index contributed by atoms with van der Waals surface area (Å²) in [5, 5.41) is 19.7. The van der Waals surface area contributed by atoms with Crippen molar-refractivity contribution in [3.05, 3.63) is 22.4 Å². The second-order valence-corrected chi connectivity index (χ2v) is 7.35. The first-order chi connectivity index (χ1) is 10.9. The third-order valence-corrected chi connectivity index (χ3v) is 5.16. The lowest BCUT2D eigenvalue weighted by atomic mass is 9.88. The fourth-order valence-electron chi connectivity index (χ4n) is 2.85. The minimum absolute atomic E-state index is 0.0306. The van der Waals surface area contributed by atoms with Crippen LogP contribution in [-0.4, -0.2) is 29.5 Å². The molecule has 2 rings (SSSR count). The highest BCUT2D eigenvalue weighted by Gasteiger charge is 2.27. The Bertz CT molecular complexity index is 522. The molecule has 0 bridgehead atoms. The van der Waals surface area contributed by atoms with Crippen LogP contribution in [0.15, 0.2) is 16.8 Å². The van der Waals surface area contributed by atoms with Gasteiger partial charge in [0.2, 0.25) is 11.8 Å². The van der Waals surface area contributed by atoms with Crippen LogP contribution < -0.4 is 10.6 Å². The van der Waals surface area contributed by atoms with E-state index in [1.165, 1.54) is 17.8 Å². The fourth-order valence-corrected chi connectivity index (χ4v) is 3.63. The van der Waals surface area contributed by atoms with Crippen LogP contribution in [0, 0.1) is 5.92 Å². The van der Waals surface area contributed by atoms with Crippen molar-refractivity contribution in [2.24, 2.45) is 5.92 Å². The molecule has 1 saturated carbocycles. The highest BCUT2D eigenvalue weighted by Crippen LogP contribution is 2.24. The Kier molecular flexibility index (Phi) is 6.18. The zero-order valence-electron chi connectivity index (χ0n) is 13.8. The number of nitrogens with one attached hydrogen (secondary N) is 2. The Morgan fingerprint density at radius 2 is 2.09 bits per heavy atom. The van der Waals surface area contributed by atoms with Gasteiger partial charge in [-0.25, -0.2) is 0 Å². The van der Waals surface area contributed by atoms with E-state index in [1.807, 2.05) is 16.8 Å². The van der Waals surface area contributed by atoms with Crippen molar-refractivity contribution in [2.45, 2.75) is 57.6 Å². The topological polar surface area (TPSA) is 78.4 Å². The molecule has 0 radical (unpaired) electrons. The van der Waals surface area contributed by atoms with Gasteiger partial charge in [0.25, 0.3) is 0 Å². The van der Waals surface area contributed by atoms with Gasteiger partial charge in [-0.2, -0.15) is 11.3 Å². The van der Waals surface area contributed by atoms with Crippen LogP contribution in [0.3, 0.4) is 0 Å². The monoisotopic (exact) mass is 338 g/mol. The zero-order valence-corrected chi connectivity index (χ0v) is 14.6. The summed E-state index contributed by atoms with van der Waals surface area (Å²) in [5.41, 5.74) is -0.329. The number of aliphatic hydroxyl groups is 1. The average Bonchev–Trinajstić information content (AvgIpc) is 3.08. The maximum absolute atomic E-state index is 12.2. The molecule has 2 amide bonds. The zero-order chi connectivity index (χ0) is 16.9. The number of carbonyl (C=O) groups excluding carboxylic acids is 2. The maximum atomic E-state index is 12.2. The van der Waals surface area contributed by atoms with E-state index < -0.39 is 11.6 Å². The second kappa shape index (κ2) is 7.93. The largest absolute Gasteiger partial charge is 0.384 e. The van der Waals surface area contributed by atoms with Crippen LogP contribution in [0.5, 0.6) is 0 Å². The van der Waals surface area contributed by atoms with Gasteiger partial charge < -0.3 is 15.7 Å². The van der Waals surface area contributed by atoms with Gasteiger partial charge in [-0.15, -0.1) is 0 Å². The molecule has 2 atom stereocenters. The molecule has 1 aromatic rings. The SMILES string of the molecule is C[C@@H](NC(=O)C1CCCCC1)C(=O)NC[C@@](C)(O)c1ccsc1. The standard InChI is InChI=1S/C17H26N2O3S/c1-12(19-16(21)13-6-4-3-5-7-13)15(20)18-11-17(2,22)14-8-9-23-10-14/h8-10,12-13,22H,3-7,11H2,1-2H3,(H,18,20)(H,19,21)/t12-,17-/m1/s1. The lowest BCUT2D eigenvalue weighted by Gasteiger charge is -2.25. The molecule has 5 nitrogen and oxygen atoms in total. The van der Waals surface area contributed by atoms with Crippen molar-refractivity contribution in [3.63, 3.8) is 0 Å². The molecule has 23 heavy (non-hydrogen) atoms. The Hall–Kier alpha value is -1.40. The first-order valence-electron chi connectivity index (χ1n) is 8.23. The van der Waals surface area contributed by atoms with E-state index in [-0.39, 0.29) is 24.3 Å². The van der Waals surface area contributed by atoms with E-state index in [2.05, 4.69) is 10.6 Å². The molecule has 3 N–H and O–H groups in total. The number of hydrogen-bond donors (Lipinski definition) is 3. The third-order valence-electron chi connectivity index (χ3n) is 4.48. The number of thiophene rings is 1. The normalized spacial score (nSPS) is 19.6. The lowest BCUT2D eigenvalue weighted by molar-refractivity contribution is -0.131. The van der Waals surface area contributed by atoms with E-state index in [1.54, 1.807) is 13.8 Å². The van der Waals surface area contributed by atoms with Crippen molar-refractivity contribution in [1.29, 1.82) is 0 Å². The first-order valence-corrected chi connectivity index (χ1v) is 9.17. The molecular weight excluding hydrogens is 312 g/mol. The second-order valence-electron chi connectivity index (χ2n) is 6.57. The molecule has 0 aromatic carbocycles. The van der Waals surface area contributed by atoms with E-state index >= 15 is 0 Å². The van der Waals surface area contributed by atoms with Gasteiger partial charge in [0.15, 0.2) is 0 Å². The van der Waals surface area contributed by atoms with Crippen LogP contribution in [-0.2, 0) is 15.2 Å². The molecule has 6 heteroatoms. The number of amides is 2. The molecule has 1 aromatic heterocycles. The average molecular weight is 338 g/mol. The predicted octanol–water partition coefficient (Wildman–Crippen LogP) is 2.16. The van der Waals surface area contributed by atoms with Gasteiger partial charge in [0, 0.05) is 5.92 Å². The number of carbonyl (C=O) groups is 2. The summed E-state index contributed by atoms with van der Waals surface area (Å²) < 4.78 is 0. The molecule has 0 unspecified atom stereocenters. The van der Waals surface area contributed by atoms with Crippen LogP contribution in [0.1, 0.15) is 51.5 Å². The van der Waals surface area contributed by atoms with E-state index in [9.17, 15) is 14.7 Å². The summed E-state index contributed by atoms with van der Waals surface area (Å²) in [7, 11) is 0. The lowest BCUT2D eigenvalue weighted by Crippen LogP contribution is -2.49. The van der Waals surface area contributed by atoms with E-state index in [4.69, 9.17) is 0 Å². The third kappa shape index (κ3) is 5.04. The van der Waals surface area contributed by atoms with Gasteiger partial charge in [0.05, 0.1) is 6.54 Å². The van der Waals surface area contributed by atoms with Crippen molar-refractivity contribution >= 4 is 23.2 Å².